The number of carbonyl (C=O) groups is 2. The van der Waals surface area contributed by atoms with E-state index in [-0.39, 0.29) is 5.78 Å². The minimum atomic E-state index is -0.931. The summed E-state index contributed by atoms with van der Waals surface area (Å²) in [5, 5.41) is 0. The molecule has 1 heterocycles. The highest BCUT2D eigenvalue weighted by Gasteiger charge is 2.53. The average molecular weight is 319 g/mol. The first kappa shape index (κ1) is 17.5. The molecule has 0 saturated carbocycles. The monoisotopic (exact) mass is 319 g/mol. The van der Waals surface area contributed by atoms with E-state index in [0.29, 0.717) is 0 Å². The van der Waals surface area contributed by atoms with E-state index in [0.717, 1.165) is 5.56 Å². The molecule has 5 nitrogen and oxygen atoms in total. The van der Waals surface area contributed by atoms with Gasteiger partial charge in [-0.15, -0.1) is 0 Å². The van der Waals surface area contributed by atoms with Crippen LogP contribution < -0.4 is 0 Å². The number of Topliss-reactive ketones (excluding diaryl/α,β-unsaturated/α-hetero) is 1. The molecule has 0 unspecified atom stereocenters. The Balaban J connectivity index is 2.40. The fourth-order valence-electron chi connectivity index (χ4n) is 2.83. The quantitative estimate of drug-likeness (QED) is 0.834. The second kappa shape index (κ2) is 5.96. The third-order valence-electron chi connectivity index (χ3n) is 3.70. The molecule has 2 atom stereocenters. The van der Waals surface area contributed by atoms with Crippen LogP contribution in [0.15, 0.2) is 30.3 Å². The van der Waals surface area contributed by atoms with Crippen LogP contribution in [-0.2, 0) is 14.3 Å². The van der Waals surface area contributed by atoms with Crippen LogP contribution in [0.4, 0.5) is 4.79 Å². The van der Waals surface area contributed by atoms with Crippen molar-refractivity contribution in [2.24, 2.45) is 0 Å². The lowest BCUT2D eigenvalue weighted by Gasteiger charge is -2.34. The summed E-state index contributed by atoms with van der Waals surface area (Å²) in [6, 6.07) is 8.77. The molecule has 1 aliphatic rings. The zero-order valence-corrected chi connectivity index (χ0v) is 14.6. The SMILES string of the molecule is CC(=O)[C@@H]1[C@@H](c2ccccc2)OC(C)(C)N1C(=O)OC(C)(C)C. The van der Waals surface area contributed by atoms with Crippen molar-refractivity contribution in [2.75, 3.05) is 0 Å². The third kappa shape index (κ3) is 3.72. The van der Waals surface area contributed by atoms with Crippen molar-refractivity contribution < 1.29 is 19.1 Å². The Kier molecular flexibility index (Phi) is 4.53. The van der Waals surface area contributed by atoms with Crippen molar-refractivity contribution >= 4 is 11.9 Å². The second-order valence-electron chi connectivity index (χ2n) is 7.30. The lowest BCUT2D eigenvalue weighted by molar-refractivity contribution is -0.122. The van der Waals surface area contributed by atoms with Crippen LogP contribution >= 0.6 is 0 Å². The van der Waals surface area contributed by atoms with Gasteiger partial charge in [0.05, 0.1) is 0 Å². The van der Waals surface area contributed by atoms with Crippen LogP contribution in [0.5, 0.6) is 0 Å². The maximum Gasteiger partial charge on any atom is 0.413 e. The average Bonchev–Trinajstić information content (AvgIpc) is 2.69. The highest BCUT2D eigenvalue weighted by atomic mass is 16.6. The standard InChI is InChI=1S/C18H25NO4/c1-12(20)14-15(13-10-8-7-9-11-13)22-18(5,6)19(14)16(21)23-17(2,3)4/h7-11,14-15H,1-6H3/t14-,15-/m1/s1. The molecule has 0 N–H and O–H groups in total. The number of benzene rings is 1. The highest BCUT2D eigenvalue weighted by Crippen LogP contribution is 2.42. The van der Waals surface area contributed by atoms with Crippen LogP contribution in [-0.4, -0.2) is 34.1 Å². The molecule has 1 aliphatic heterocycles. The zero-order chi connectivity index (χ0) is 17.4. The highest BCUT2D eigenvalue weighted by molar-refractivity contribution is 5.87. The zero-order valence-electron chi connectivity index (χ0n) is 14.6. The van der Waals surface area contributed by atoms with Crippen molar-refractivity contribution in [1.29, 1.82) is 0 Å². The fraction of sp³-hybridized carbons (Fsp3) is 0.556. The second-order valence-corrected chi connectivity index (χ2v) is 7.30. The first-order valence-electron chi connectivity index (χ1n) is 7.78. The molecular formula is C18H25NO4. The van der Waals surface area contributed by atoms with Gasteiger partial charge < -0.3 is 9.47 Å². The lowest BCUT2D eigenvalue weighted by atomic mass is 9.99. The lowest BCUT2D eigenvalue weighted by Crippen LogP contribution is -2.52. The molecule has 1 fully saturated rings. The van der Waals surface area contributed by atoms with Gasteiger partial charge >= 0.3 is 6.09 Å². The van der Waals surface area contributed by atoms with Gasteiger partial charge in [0.25, 0.3) is 0 Å². The Morgan fingerprint density at radius 1 is 1.17 bits per heavy atom. The number of rotatable bonds is 2. The predicted molar refractivity (Wildman–Crippen MR) is 86.9 cm³/mol. The number of ketones is 1. The Morgan fingerprint density at radius 3 is 2.22 bits per heavy atom. The summed E-state index contributed by atoms with van der Waals surface area (Å²) < 4.78 is 11.5. The first-order chi connectivity index (χ1) is 10.5. The Hall–Kier alpha value is -1.88. The number of ether oxygens (including phenoxy) is 2. The van der Waals surface area contributed by atoms with Gasteiger partial charge in [-0.25, -0.2) is 4.79 Å². The van der Waals surface area contributed by atoms with E-state index in [1.807, 2.05) is 30.3 Å². The maximum atomic E-state index is 12.6. The van der Waals surface area contributed by atoms with Crippen LogP contribution in [0.3, 0.4) is 0 Å². The van der Waals surface area contributed by atoms with E-state index in [1.165, 1.54) is 11.8 Å². The summed E-state index contributed by atoms with van der Waals surface area (Å²) >= 11 is 0. The summed E-state index contributed by atoms with van der Waals surface area (Å²) in [7, 11) is 0. The van der Waals surface area contributed by atoms with Crippen LogP contribution in [0.25, 0.3) is 0 Å². The van der Waals surface area contributed by atoms with Crippen LogP contribution in [0.2, 0.25) is 0 Å². The van der Waals surface area contributed by atoms with Crippen molar-refractivity contribution in [3.63, 3.8) is 0 Å². The smallest absolute Gasteiger partial charge is 0.413 e. The molecule has 1 saturated heterocycles. The summed E-state index contributed by atoms with van der Waals surface area (Å²) in [5.74, 6) is -0.129. The molecule has 23 heavy (non-hydrogen) atoms. The minimum absolute atomic E-state index is 0.129. The Morgan fingerprint density at radius 2 is 1.74 bits per heavy atom. The Bertz CT molecular complexity index is 589. The molecule has 0 aromatic heterocycles. The number of hydrogen-bond acceptors (Lipinski definition) is 4. The molecule has 2 rings (SSSR count). The predicted octanol–water partition coefficient (Wildman–Crippen LogP) is 3.69. The van der Waals surface area contributed by atoms with E-state index in [1.54, 1.807) is 34.6 Å². The van der Waals surface area contributed by atoms with E-state index in [9.17, 15) is 9.59 Å². The van der Waals surface area contributed by atoms with Gasteiger partial charge in [-0.05, 0) is 47.1 Å². The molecule has 0 radical (unpaired) electrons. The molecule has 0 bridgehead atoms. The van der Waals surface area contributed by atoms with Gasteiger partial charge in [0.15, 0.2) is 5.78 Å². The molecule has 126 valence electrons. The van der Waals surface area contributed by atoms with E-state index in [2.05, 4.69) is 0 Å². The minimum Gasteiger partial charge on any atom is -0.444 e. The first-order valence-corrected chi connectivity index (χ1v) is 7.78. The number of hydrogen-bond donors (Lipinski definition) is 0. The number of carbonyl (C=O) groups excluding carboxylic acids is 2. The van der Waals surface area contributed by atoms with Gasteiger partial charge in [-0.2, -0.15) is 0 Å². The molecule has 1 aromatic rings. The summed E-state index contributed by atoms with van der Waals surface area (Å²) in [5.41, 5.74) is -0.703. The van der Waals surface area contributed by atoms with E-state index in [4.69, 9.17) is 9.47 Å². The molecule has 0 aliphatic carbocycles. The van der Waals surface area contributed by atoms with Crippen molar-refractivity contribution in [3.8, 4) is 0 Å². The molecule has 5 heteroatoms. The van der Waals surface area contributed by atoms with Crippen molar-refractivity contribution in [2.45, 2.75) is 65.0 Å². The van der Waals surface area contributed by atoms with Crippen LogP contribution in [0, 0.1) is 0 Å². The molecule has 1 amide bonds. The van der Waals surface area contributed by atoms with Gasteiger partial charge in [0.1, 0.15) is 23.5 Å². The topological polar surface area (TPSA) is 55.8 Å². The summed E-state index contributed by atoms with van der Waals surface area (Å²) in [6.45, 7) is 10.4. The third-order valence-corrected chi connectivity index (χ3v) is 3.70. The van der Waals surface area contributed by atoms with Crippen LogP contribution in [0.1, 0.15) is 53.2 Å². The normalized spacial score (nSPS) is 23.7. The molecule has 0 spiro atoms. The van der Waals surface area contributed by atoms with Gasteiger partial charge in [-0.1, -0.05) is 30.3 Å². The Labute approximate surface area is 137 Å². The summed E-state index contributed by atoms with van der Waals surface area (Å²) in [4.78, 5) is 26.3. The fourth-order valence-corrected chi connectivity index (χ4v) is 2.83. The van der Waals surface area contributed by atoms with E-state index < -0.39 is 29.6 Å². The largest absolute Gasteiger partial charge is 0.444 e. The van der Waals surface area contributed by atoms with Gasteiger partial charge in [0, 0.05) is 0 Å². The number of nitrogens with zero attached hydrogens (tertiary/aromatic N) is 1. The van der Waals surface area contributed by atoms with Gasteiger partial charge in [0.2, 0.25) is 0 Å². The van der Waals surface area contributed by atoms with Crippen molar-refractivity contribution in [1.82, 2.24) is 4.90 Å². The molecular weight excluding hydrogens is 294 g/mol. The van der Waals surface area contributed by atoms with Gasteiger partial charge in [-0.3, -0.25) is 9.69 Å². The van der Waals surface area contributed by atoms with Crippen molar-refractivity contribution in [3.05, 3.63) is 35.9 Å². The summed E-state index contributed by atoms with van der Waals surface area (Å²) in [6.07, 6.45) is -1.04. The maximum absolute atomic E-state index is 12.6. The molecule has 1 aromatic carbocycles. The number of amides is 1. The van der Waals surface area contributed by atoms with E-state index >= 15 is 0 Å².